The zero-order valence-electron chi connectivity index (χ0n) is 15.9. The van der Waals surface area contributed by atoms with Gasteiger partial charge in [-0.3, -0.25) is 4.79 Å². The van der Waals surface area contributed by atoms with Gasteiger partial charge in [0.2, 0.25) is 15.9 Å². The highest BCUT2D eigenvalue weighted by molar-refractivity contribution is 7.89. The molecule has 1 aromatic carbocycles. The first-order valence-corrected chi connectivity index (χ1v) is 10.8. The quantitative estimate of drug-likeness (QED) is 0.730. The van der Waals surface area contributed by atoms with E-state index in [9.17, 15) is 26.4 Å². The zero-order valence-corrected chi connectivity index (χ0v) is 16.7. The maximum absolute atomic E-state index is 13.0. The van der Waals surface area contributed by atoms with Crippen LogP contribution in [0.1, 0.15) is 38.7 Å². The van der Waals surface area contributed by atoms with Crippen molar-refractivity contribution < 1.29 is 31.1 Å². The van der Waals surface area contributed by atoms with Gasteiger partial charge in [0.1, 0.15) is 5.75 Å². The summed E-state index contributed by atoms with van der Waals surface area (Å²) in [5.74, 6) is -0.744. The number of ether oxygens (including phenoxy) is 1. The summed E-state index contributed by atoms with van der Waals surface area (Å²) in [6.07, 6.45) is -3.24. The molecule has 1 saturated heterocycles. The molecule has 2 rings (SSSR count). The Morgan fingerprint density at radius 3 is 2.43 bits per heavy atom. The summed E-state index contributed by atoms with van der Waals surface area (Å²) in [5, 5.41) is 2.54. The monoisotopic (exact) mass is 422 g/mol. The number of rotatable bonds is 7. The molecule has 1 N–H and O–H groups in total. The van der Waals surface area contributed by atoms with Crippen molar-refractivity contribution in [2.75, 3.05) is 30.8 Å². The van der Waals surface area contributed by atoms with E-state index in [1.165, 1.54) is 10.4 Å². The number of nitrogens with zero attached hydrogens (tertiary/aromatic N) is 1. The molecular weight excluding hydrogens is 397 g/mol. The van der Waals surface area contributed by atoms with E-state index in [-0.39, 0.29) is 30.3 Å². The van der Waals surface area contributed by atoms with Crippen molar-refractivity contribution in [1.82, 2.24) is 4.31 Å². The van der Waals surface area contributed by atoms with Gasteiger partial charge in [0.25, 0.3) is 0 Å². The van der Waals surface area contributed by atoms with Crippen molar-refractivity contribution >= 4 is 21.6 Å². The van der Waals surface area contributed by atoms with Gasteiger partial charge in [-0.25, -0.2) is 12.7 Å². The predicted molar refractivity (Wildman–Crippen MR) is 99.6 cm³/mol. The highest BCUT2D eigenvalue weighted by Gasteiger charge is 2.33. The first-order chi connectivity index (χ1) is 13.1. The van der Waals surface area contributed by atoms with E-state index >= 15 is 0 Å². The summed E-state index contributed by atoms with van der Waals surface area (Å²) in [6.45, 7) is 4.16. The molecule has 1 fully saturated rings. The van der Waals surface area contributed by atoms with Crippen molar-refractivity contribution in [3.8, 4) is 5.75 Å². The molecule has 1 aromatic rings. The third kappa shape index (κ3) is 5.60. The van der Waals surface area contributed by atoms with Gasteiger partial charge in [0.15, 0.2) is 0 Å². The maximum Gasteiger partial charge on any atom is 0.416 e. The largest absolute Gasteiger partial charge is 0.491 e. The first-order valence-electron chi connectivity index (χ1n) is 9.21. The maximum atomic E-state index is 13.0. The topological polar surface area (TPSA) is 75.7 Å². The van der Waals surface area contributed by atoms with Crippen LogP contribution >= 0.6 is 0 Å². The Labute approximate surface area is 163 Å². The van der Waals surface area contributed by atoms with Gasteiger partial charge in [-0.2, -0.15) is 13.2 Å². The molecule has 0 radical (unpaired) electrons. The average Bonchev–Trinajstić information content (AvgIpc) is 2.66. The van der Waals surface area contributed by atoms with Gasteiger partial charge < -0.3 is 10.1 Å². The van der Waals surface area contributed by atoms with Gasteiger partial charge >= 0.3 is 6.18 Å². The van der Waals surface area contributed by atoms with Crippen LogP contribution in [0.3, 0.4) is 0 Å². The number of alkyl halides is 3. The molecule has 1 aliphatic rings. The molecule has 0 aromatic heterocycles. The lowest BCUT2D eigenvalue weighted by Crippen LogP contribution is -2.42. The highest BCUT2D eigenvalue weighted by Crippen LogP contribution is 2.35. The second-order valence-electron chi connectivity index (χ2n) is 6.62. The summed E-state index contributed by atoms with van der Waals surface area (Å²) in [7, 11) is -3.31. The van der Waals surface area contributed by atoms with E-state index in [0.29, 0.717) is 25.9 Å². The molecule has 158 valence electrons. The number of nitrogens with one attached hydrogen (secondary N) is 1. The molecule has 28 heavy (non-hydrogen) atoms. The van der Waals surface area contributed by atoms with Crippen molar-refractivity contribution in [1.29, 1.82) is 0 Å². The number of anilines is 1. The number of hydrogen-bond acceptors (Lipinski definition) is 4. The van der Waals surface area contributed by atoms with Crippen molar-refractivity contribution in [3.05, 3.63) is 23.8 Å². The molecule has 1 aliphatic heterocycles. The lowest BCUT2D eigenvalue weighted by Gasteiger charge is -2.30. The molecule has 1 amide bonds. The van der Waals surface area contributed by atoms with Crippen molar-refractivity contribution in [2.45, 2.75) is 39.3 Å². The molecule has 1 heterocycles. The lowest BCUT2D eigenvalue weighted by molar-refractivity contribution is -0.137. The van der Waals surface area contributed by atoms with Gasteiger partial charge in [0, 0.05) is 19.0 Å². The van der Waals surface area contributed by atoms with Crippen molar-refractivity contribution in [3.63, 3.8) is 0 Å². The minimum atomic E-state index is -4.54. The smallest absolute Gasteiger partial charge is 0.416 e. The zero-order chi connectivity index (χ0) is 20.9. The summed E-state index contributed by atoms with van der Waals surface area (Å²) < 4.78 is 69.6. The van der Waals surface area contributed by atoms with Crippen LogP contribution in [0, 0.1) is 5.92 Å². The highest BCUT2D eigenvalue weighted by atomic mass is 32.2. The molecule has 0 aliphatic carbocycles. The Balaban J connectivity index is 2.12. The third-order valence-electron chi connectivity index (χ3n) is 4.61. The molecule has 0 unspecified atom stereocenters. The van der Waals surface area contributed by atoms with Crippen LogP contribution in [0.4, 0.5) is 18.9 Å². The molecule has 0 atom stereocenters. The number of hydrogen-bond donors (Lipinski definition) is 1. The lowest BCUT2D eigenvalue weighted by atomic mass is 9.97. The SMILES string of the molecule is CCCOc1ccc(C(F)(F)F)cc1NC(=O)C1CCN(S(=O)(=O)CC)CC1. The standard InChI is InChI=1S/C18H25F3N2O4S/c1-3-11-27-16-6-5-14(18(19,20)21)12-15(16)22-17(24)13-7-9-23(10-8-13)28(25,26)4-2/h5-6,12-13H,3-4,7-11H2,1-2H3,(H,22,24). The normalized spacial score (nSPS) is 16.8. The Morgan fingerprint density at radius 2 is 1.89 bits per heavy atom. The Hall–Kier alpha value is -1.81. The summed E-state index contributed by atoms with van der Waals surface area (Å²) in [6, 6.07) is 2.97. The van der Waals surface area contributed by atoms with E-state index in [1.807, 2.05) is 6.92 Å². The summed E-state index contributed by atoms with van der Waals surface area (Å²) in [4.78, 5) is 12.6. The number of amides is 1. The number of halogens is 3. The van der Waals surface area contributed by atoms with E-state index in [2.05, 4.69) is 5.32 Å². The van der Waals surface area contributed by atoms with E-state index in [4.69, 9.17) is 4.74 Å². The molecular formula is C18H25F3N2O4S. The molecule has 6 nitrogen and oxygen atoms in total. The van der Waals surface area contributed by atoms with Gasteiger partial charge in [-0.05, 0) is 44.4 Å². The summed E-state index contributed by atoms with van der Waals surface area (Å²) >= 11 is 0. The number of carbonyl (C=O) groups excluding carboxylic acids is 1. The van der Waals surface area contributed by atoms with Gasteiger partial charge in [-0.15, -0.1) is 0 Å². The Bertz CT molecular complexity index is 789. The minimum absolute atomic E-state index is 0.00771. The van der Waals surface area contributed by atoms with Gasteiger partial charge in [0.05, 0.1) is 23.6 Å². The first kappa shape index (κ1) is 22.5. The van der Waals surface area contributed by atoms with E-state index < -0.39 is 33.6 Å². The van der Waals surface area contributed by atoms with Crippen LogP contribution in [-0.2, 0) is 21.0 Å². The van der Waals surface area contributed by atoms with Gasteiger partial charge in [-0.1, -0.05) is 6.92 Å². The van der Waals surface area contributed by atoms with E-state index in [1.54, 1.807) is 6.92 Å². The molecule has 10 heteroatoms. The fraction of sp³-hybridized carbons (Fsp3) is 0.611. The van der Waals surface area contributed by atoms with Crippen LogP contribution in [0.15, 0.2) is 18.2 Å². The fourth-order valence-electron chi connectivity index (χ4n) is 2.96. The van der Waals surface area contributed by atoms with Crippen LogP contribution < -0.4 is 10.1 Å². The second kappa shape index (κ2) is 9.13. The molecule has 0 bridgehead atoms. The molecule has 0 saturated carbocycles. The number of carbonyl (C=O) groups is 1. The van der Waals surface area contributed by atoms with Crippen LogP contribution in [-0.4, -0.2) is 44.1 Å². The van der Waals surface area contributed by atoms with Crippen molar-refractivity contribution in [2.24, 2.45) is 5.92 Å². The van der Waals surface area contributed by atoms with Crippen LogP contribution in [0.5, 0.6) is 5.75 Å². The molecule has 0 spiro atoms. The Kier molecular flexibility index (Phi) is 7.33. The third-order valence-corrected chi connectivity index (χ3v) is 6.49. The second-order valence-corrected chi connectivity index (χ2v) is 8.88. The predicted octanol–water partition coefficient (Wildman–Crippen LogP) is 3.49. The Morgan fingerprint density at radius 1 is 1.25 bits per heavy atom. The van der Waals surface area contributed by atoms with E-state index in [0.717, 1.165) is 12.1 Å². The fourth-order valence-corrected chi connectivity index (χ4v) is 4.09. The average molecular weight is 422 g/mol. The number of piperidine rings is 1. The summed E-state index contributed by atoms with van der Waals surface area (Å²) in [5.41, 5.74) is -0.910. The van der Waals surface area contributed by atoms with Crippen LogP contribution in [0.2, 0.25) is 0 Å². The van der Waals surface area contributed by atoms with Crippen LogP contribution in [0.25, 0.3) is 0 Å². The number of benzene rings is 1. The number of sulfonamides is 1. The minimum Gasteiger partial charge on any atom is -0.491 e.